The van der Waals surface area contributed by atoms with Gasteiger partial charge in [-0.05, 0) is 69.6 Å². The van der Waals surface area contributed by atoms with Crippen molar-refractivity contribution >= 4 is 23.2 Å². The molecule has 0 spiro atoms. The molecular weight excluding hydrogens is 456 g/mol. The lowest BCUT2D eigenvalue weighted by Crippen LogP contribution is -2.60. The lowest BCUT2D eigenvalue weighted by Gasteiger charge is -2.44. The molecule has 0 saturated carbocycles. The zero-order chi connectivity index (χ0) is 25.5. The van der Waals surface area contributed by atoms with Crippen LogP contribution in [0.4, 0.5) is 13.6 Å². The number of carbonyl (C=O) groups excluding carboxylic acids is 1. The molecular formula is C25H33F2N5O3. The smallest absolute Gasteiger partial charge is 0.408 e. The monoisotopic (exact) mass is 489 g/mol. The van der Waals surface area contributed by atoms with E-state index in [-0.39, 0.29) is 18.4 Å². The van der Waals surface area contributed by atoms with Gasteiger partial charge >= 0.3 is 6.09 Å². The van der Waals surface area contributed by atoms with Gasteiger partial charge in [0.05, 0.1) is 12.2 Å². The van der Waals surface area contributed by atoms with E-state index in [2.05, 4.69) is 16.2 Å². The number of hydrogen-bond acceptors (Lipinski definition) is 4. The Kier molecular flexibility index (Phi) is 6.59. The highest BCUT2D eigenvalue weighted by atomic mass is 19.3. The molecule has 2 amide bonds. The van der Waals surface area contributed by atoms with Crippen molar-refractivity contribution in [1.82, 2.24) is 24.4 Å². The van der Waals surface area contributed by atoms with Crippen molar-refractivity contribution in [3.8, 4) is 0 Å². The van der Waals surface area contributed by atoms with Gasteiger partial charge in [0.15, 0.2) is 5.65 Å². The summed E-state index contributed by atoms with van der Waals surface area (Å²) in [6, 6.07) is 4.77. The average molecular weight is 490 g/mol. The van der Waals surface area contributed by atoms with Crippen LogP contribution in [0, 0.1) is 11.8 Å². The molecule has 1 N–H and O–H groups in total. The second-order valence-electron chi connectivity index (χ2n) is 10.7. The lowest BCUT2D eigenvalue weighted by molar-refractivity contribution is -0.141. The predicted octanol–water partition coefficient (Wildman–Crippen LogP) is 4.56. The zero-order valence-electron chi connectivity index (χ0n) is 20.6. The second kappa shape index (κ2) is 9.20. The van der Waals surface area contributed by atoms with Crippen LogP contribution in [0.25, 0.3) is 11.2 Å². The summed E-state index contributed by atoms with van der Waals surface area (Å²) in [5.74, 6) is -3.81. The molecule has 2 aliphatic rings. The van der Waals surface area contributed by atoms with Gasteiger partial charge in [-0.25, -0.2) is 23.1 Å². The third kappa shape index (κ3) is 5.01. The Bertz CT molecular complexity index is 1140. The number of fused-ring (bicyclic) bond motifs is 1. The average Bonchev–Trinajstić information content (AvgIpc) is 3.41. The summed E-state index contributed by atoms with van der Waals surface area (Å²) in [6.07, 6.45) is 4.14. The molecule has 1 saturated heterocycles. The Hall–Kier alpha value is -3.04. The number of rotatable bonds is 5. The topological polar surface area (TPSA) is 91.0 Å². The minimum Gasteiger partial charge on any atom is -0.465 e. The van der Waals surface area contributed by atoms with Gasteiger partial charge in [-0.1, -0.05) is 19.1 Å². The zero-order valence-corrected chi connectivity index (χ0v) is 20.6. The highest BCUT2D eigenvalue weighted by Gasteiger charge is 2.48. The van der Waals surface area contributed by atoms with Gasteiger partial charge in [-0.15, -0.1) is 0 Å². The molecule has 0 aromatic carbocycles. The highest BCUT2D eigenvalue weighted by molar-refractivity contribution is 5.86. The quantitative estimate of drug-likeness (QED) is 0.665. The van der Waals surface area contributed by atoms with Crippen molar-refractivity contribution in [1.29, 1.82) is 0 Å². The summed E-state index contributed by atoms with van der Waals surface area (Å²) in [5, 5.41) is 14.4. The molecule has 1 aliphatic carbocycles. The molecule has 10 heteroatoms. The van der Waals surface area contributed by atoms with Crippen LogP contribution in [0.3, 0.4) is 0 Å². The molecule has 8 nitrogen and oxygen atoms in total. The van der Waals surface area contributed by atoms with Crippen LogP contribution in [0.15, 0.2) is 30.6 Å². The standard InChI is InChI=1S/C25H33F2N5O3/c1-16(17-8-10-18(11-9-17)19-6-5-7-20-28-15-29-32(19)20)21(31(23(34)35)24(2,3)4)22(33)30-13-12-25(26,27)14-30/h5-7,10,15-17,21H,8-9,11-14H2,1-4H3,(H,34,35)/t16-,17?,21+/m1/s1. The first-order chi connectivity index (χ1) is 16.4. The SMILES string of the molecule is C[C@H](C1CC=C(c2cccc3ncnn23)CC1)[C@@H](C(=O)N1CCC(F)(F)C1)N(C(=O)O)C(C)(C)C. The molecule has 35 heavy (non-hydrogen) atoms. The van der Waals surface area contributed by atoms with Crippen LogP contribution in [0.5, 0.6) is 0 Å². The van der Waals surface area contributed by atoms with E-state index in [1.807, 2.05) is 25.1 Å². The molecule has 3 atom stereocenters. The van der Waals surface area contributed by atoms with Gasteiger partial charge in [-0.3, -0.25) is 9.69 Å². The number of allylic oxidation sites excluding steroid dienone is 2. The predicted molar refractivity (Wildman–Crippen MR) is 127 cm³/mol. The third-order valence-corrected chi connectivity index (χ3v) is 7.27. The van der Waals surface area contributed by atoms with E-state index >= 15 is 0 Å². The van der Waals surface area contributed by atoms with E-state index in [0.717, 1.165) is 39.6 Å². The number of nitrogens with zero attached hydrogens (tertiary/aromatic N) is 5. The fourth-order valence-electron chi connectivity index (χ4n) is 5.42. The Balaban J connectivity index is 1.61. The summed E-state index contributed by atoms with van der Waals surface area (Å²) >= 11 is 0. The normalized spacial score (nSPS) is 22.1. The first-order valence-corrected chi connectivity index (χ1v) is 12.1. The van der Waals surface area contributed by atoms with E-state index in [1.54, 1.807) is 25.3 Å². The summed E-state index contributed by atoms with van der Waals surface area (Å²) in [5.41, 5.74) is 1.97. The molecule has 1 unspecified atom stereocenters. The maximum Gasteiger partial charge on any atom is 0.408 e. The van der Waals surface area contributed by atoms with Crippen molar-refractivity contribution in [2.24, 2.45) is 11.8 Å². The maximum absolute atomic E-state index is 13.9. The van der Waals surface area contributed by atoms with Gasteiger partial charge in [0.1, 0.15) is 12.4 Å². The molecule has 0 bridgehead atoms. The van der Waals surface area contributed by atoms with Gasteiger partial charge in [0.2, 0.25) is 5.91 Å². The van der Waals surface area contributed by atoms with E-state index in [0.29, 0.717) is 6.42 Å². The number of pyridine rings is 1. The van der Waals surface area contributed by atoms with Gasteiger partial charge < -0.3 is 10.0 Å². The first-order valence-electron chi connectivity index (χ1n) is 12.1. The summed E-state index contributed by atoms with van der Waals surface area (Å²) in [6.45, 7) is 6.33. The van der Waals surface area contributed by atoms with E-state index in [4.69, 9.17) is 0 Å². The van der Waals surface area contributed by atoms with Crippen molar-refractivity contribution < 1.29 is 23.5 Å². The third-order valence-electron chi connectivity index (χ3n) is 7.27. The van der Waals surface area contributed by atoms with Crippen molar-refractivity contribution in [3.63, 3.8) is 0 Å². The van der Waals surface area contributed by atoms with Crippen LogP contribution in [-0.4, -0.2) is 72.1 Å². The number of halogens is 2. The number of alkyl halides is 2. The van der Waals surface area contributed by atoms with Crippen LogP contribution in [0.1, 0.15) is 59.1 Å². The maximum atomic E-state index is 13.9. The first kappa shape index (κ1) is 25.1. The molecule has 4 rings (SSSR count). The molecule has 1 fully saturated rings. The number of hydrogen-bond donors (Lipinski definition) is 1. The van der Waals surface area contributed by atoms with Crippen molar-refractivity contribution in [3.05, 3.63) is 36.3 Å². The molecule has 3 heterocycles. The van der Waals surface area contributed by atoms with Crippen LogP contribution >= 0.6 is 0 Å². The lowest BCUT2D eigenvalue weighted by atomic mass is 9.76. The van der Waals surface area contributed by atoms with Gasteiger partial charge in [0, 0.05) is 18.5 Å². The fourth-order valence-corrected chi connectivity index (χ4v) is 5.42. The number of aromatic nitrogens is 3. The second-order valence-corrected chi connectivity index (χ2v) is 10.7. The van der Waals surface area contributed by atoms with E-state index in [9.17, 15) is 23.5 Å². The van der Waals surface area contributed by atoms with E-state index in [1.165, 1.54) is 6.33 Å². The highest BCUT2D eigenvalue weighted by Crippen LogP contribution is 2.39. The molecule has 2 aromatic heterocycles. The summed E-state index contributed by atoms with van der Waals surface area (Å²) in [4.78, 5) is 32.4. The number of likely N-dealkylation sites (tertiary alicyclic amines) is 1. The minimum absolute atomic E-state index is 0.0231. The van der Waals surface area contributed by atoms with Crippen molar-refractivity contribution in [2.75, 3.05) is 13.1 Å². The largest absolute Gasteiger partial charge is 0.465 e. The Morgan fingerprint density at radius 3 is 2.60 bits per heavy atom. The van der Waals surface area contributed by atoms with E-state index < -0.39 is 42.5 Å². The Morgan fingerprint density at radius 1 is 1.29 bits per heavy atom. The number of amides is 2. The molecule has 0 radical (unpaired) electrons. The van der Waals surface area contributed by atoms with Crippen molar-refractivity contribution in [2.45, 2.75) is 70.9 Å². The molecule has 2 aromatic rings. The number of carboxylic acid groups (broad SMARTS) is 1. The van der Waals surface area contributed by atoms with Gasteiger partial charge in [-0.2, -0.15) is 5.10 Å². The summed E-state index contributed by atoms with van der Waals surface area (Å²) < 4.78 is 29.6. The van der Waals surface area contributed by atoms with Gasteiger partial charge in [0.25, 0.3) is 5.92 Å². The minimum atomic E-state index is -2.94. The van der Waals surface area contributed by atoms with Crippen LogP contribution in [0.2, 0.25) is 0 Å². The Labute approximate surface area is 203 Å². The molecule has 190 valence electrons. The summed E-state index contributed by atoms with van der Waals surface area (Å²) in [7, 11) is 0. The molecule has 1 aliphatic heterocycles. The fraction of sp³-hybridized carbons (Fsp3) is 0.600. The Morgan fingerprint density at radius 2 is 2.03 bits per heavy atom. The van der Waals surface area contributed by atoms with Crippen LogP contribution < -0.4 is 0 Å². The number of carbonyl (C=O) groups is 2. The van der Waals surface area contributed by atoms with Crippen LogP contribution in [-0.2, 0) is 4.79 Å².